The molecule has 0 radical (unpaired) electrons. The molecule has 9 heteroatoms. The molecule has 1 N–H and O–H groups in total. The molecule has 2 amide bonds. The highest BCUT2D eigenvalue weighted by molar-refractivity contribution is 6.31. The highest BCUT2D eigenvalue weighted by Crippen LogP contribution is 2.36. The molecule has 0 fully saturated rings. The third-order valence-electron chi connectivity index (χ3n) is 5.41. The monoisotopic (exact) mass is 453 g/mol. The number of alkyl halides is 3. The van der Waals surface area contributed by atoms with Crippen LogP contribution in [0.3, 0.4) is 0 Å². The van der Waals surface area contributed by atoms with Crippen molar-refractivity contribution in [3.05, 3.63) is 64.2 Å². The molecule has 1 unspecified atom stereocenters. The Morgan fingerprint density at radius 3 is 2.55 bits per heavy atom. The number of amides is 2. The minimum atomic E-state index is -4.62. The highest BCUT2D eigenvalue weighted by atomic mass is 35.5. The lowest BCUT2D eigenvalue weighted by Gasteiger charge is -2.33. The minimum Gasteiger partial charge on any atom is -0.337 e. The van der Waals surface area contributed by atoms with Gasteiger partial charge in [0, 0.05) is 18.8 Å². The molecular formula is C22H23ClF3N3O2. The lowest BCUT2D eigenvalue weighted by Crippen LogP contribution is -2.49. The van der Waals surface area contributed by atoms with Gasteiger partial charge in [0.05, 0.1) is 23.2 Å². The number of carbonyl (C=O) groups excluding carboxylic acids is 2. The van der Waals surface area contributed by atoms with Crippen LogP contribution in [0.2, 0.25) is 5.02 Å². The van der Waals surface area contributed by atoms with Crippen molar-refractivity contribution in [2.75, 3.05) is 25.5 Å². The summed E-state index contributed by atoms with van der Waals surface area (Å²) in [5, 5.41) is 1.99. The molecule has 0 aromatic heterocycles. The van der Waals surface area contributed by atoms with Crippen LogP contribution in [-0.2, 0) is 28.7 Å². The van der Waals surface area contributed by atoms with Crippen molar-refractivity contribution in [2.24, 2.45) is 0 Å². The number of nitrogens with one attached hydrogen (secondary N) is 1. The summed E-state index contributed by atoms with van der Waals surface area (Å²) in [5.41, 5.74) is 1.31. The Hall–Kier alpha value is -2.58. The van der Waals surface area contributed by atoms with E-state index in [4.69, 9.17) is 11.6 Å². The SMILES string of the molecule is CC(C(=O)N1CCc2ccccc2C1)N(C)CC(=O)Nc1ccc(Cl)c(C(F)(F)F)c1. The Balaban J connectivity index is 1.59. The zero-order valence-electron chi connectivity index (χ0n) is 17.2. The predicted molar refractivity (Wildman–Crippen MR) is 113 cm³/mol. The number of carbonyl (C=O) groups is 2. The molecule has 0 bridgehead atoms. The van der Waals surface area contributed by atoms with Crippen molar-refractivity contribution in [3.63, 3.8) is 0 Å². The topological polar surface area (TPSA) is 52.7 Å². The number of hydrogen-bond acceptors (Lipinski definition) is 3. The van der Waals surface area contributed by atoms with Crippen molar-refractivity contribution in [1.82, 2.24) is 9.80 Å². The van der Waals surface area contributed by atoms with E-state index in [0.717, 1.165) is 24.1 Å². The number of halogens is 4. The lowest BCUT2D eigenvalue weighted by atomic mass is 9.99. The number of nitrogens with zero attached hydrogens (tertiary/aromatic N) is 2. The molecule has 0 aliphatic carbocycles. The number of fused-ring (bicyclic) bond motifs is 1. The van der Waals surface area contributed by atoms with Crippen LogP contribution in [0, 0.1) is 0 Å². The van der Waals surface area contributed by atoms with Crippen LogP contribution in [0.5, 0.6) is 0 Å². The van der Waals surface area contributed by atoms with E-state index in [1.807, 2.05) is 18.2 Å². The molecule has 31 heavy (non-hydrogen) atoms. The van der Waals surface area contributed by atoms with Gasteiger partial charge in [-0.3, -0.25) is 14.5 Å². The first-order valence-corrected chi connectivity index (χ1v) is 10.2. The fourth-order valence-corrected chi connectivity index (χ4v) is 3.75. The average molecular weight is 454 g/mol. The van der Waals surface area contributed by atoms with Crippen LogP contribution in [0.25, 0.3) is 0 Å². The Morgan fingerprint density at radius 1 is 1.19 bits per heavy atom. The van der Waals surface area contributed by atoms with Gasteiger partial charge in [-0.05, 0) is 49.7 Å². The molecule has 0 saturated heterocycles. The second-order valence-electron chi connectivity index (χ2n) is 7.61. The predicted octanol–water partition coefficient (Wildman–Crippen LogP) is 4.20. The largest absolute Gasteiger partial charge is 0.417 e. The molecule has 0 spiro atoms. The van der Waals surface area contributed by atoms with Gasteiger partial charge in [0.25, 0.3) is 0 Å². The van der Waals surface area contributed by atoms with Gasteiger partial charge in [0.1, 0.15) is 0 Å². The normalized spacial score (nSPS) is 14.9. The van der Waals surface area contributed by atoms with Crippen LogP contribution in [0.4, 0.5) is 18.9 Å². The molecule has 5 nitrogen and oxygen atoms in total. The first-order chi connectivity index (χ1) is 14.6. The standard InChI is InChI=1S/C22H23ClF3N3O2/c1-14(21(31)29-10-9-15-5-3-4-6-16(15)12-29)28(2)13-20(30)27-17-7-8-19(23)18(11-17)22(24,25)26/h3-8,11,14H,9-10,12-13H2,1-2H3,(H,27,30). The third kappa shape index (κ3) is 5.57. The van der Waals surface area contributed by atoms with E-state index in [1.165, 1.54) is 11.6 Å². The molecular weight excluding hydrogens is 431 g/mol. The number of anilines is 1. The molecule has 1 aliphatic rings. The zero-order valence-corrected chi connectivity index (χ0v) is 17.9. The van der Waals surface area contributed by atoms with Gasteiger partial charge in [-0.2, -0.15) is 13.2 Å². The fourth-order valence-electron chi connectivity index (χ4n) is 3.52. The Labute approximate surface area is 183 Å². The maximum atomic E-state index is 13.0. The quantitative estimate of drug-likeness (QED) is 0.738. The lowest BCUT2D eigenvalue weighted by molar-refractivity contribution is -0.138. The maximum absolute atomic E-state index is 13.0. The number of benzene rings is 2. The second-order valence-corrected chi connectivity index (χ2v) is 8.02. The number of hydrogen-bond donors (Lipinski definition) is 1. The average Bonchev–Trinajstić information content (AvgIpc) is 2.72. The number of rotatable bonds is 5. The number of likely N-dealkylation sites (N-methyl/N-ethyl adjacent to an activating group) is 1. The highest BCUT2D eigenvalue weighted by Gasteiger charge is 2.33. The fraction of sp³-hybridized carbons (Fsp3) is 0.364. The molecule has 1 atom stereocenters. The Bertz CT molecular complexity index is 981. The summed E-state index contributed by atoms with van der Waals surface area (Å²) in [6.07, 6.45) is -3.85. The van der Waals surface area contributed by atoms with Gasteiger partial charge in [-0.15, -0.1) is 0 Å². The second kappa shape index (κ2) is 9.28. The van der Waals surface area contributed by atoms with Gasteiger partial charge >= 0.3 is 6.18 Å². The molecule has 1 aliphatic heterocycles. The summed E-state index contributed by atoms with van der Waals surface area (Å²) in [6.45, 7) is 2.68. The molecule has 3 rings (SSSR count). The molecule has 2 aromatic rings. The van der Waals surface area contributed by atoms with E-state index < -0.39 is 28.7 Å². The maximum Gasteiger partial charge on any atom is 0.417 e. The van der Waals surface area contributed by atoms with E-state index >= 15 is 0 Å². The van der Waals surface area contributed by atoms with Gasteiger partial charge in [0.2, 0.25) is 11.8 Å². The van der Waals surface area contributed by atoms with Gasteiger partial charge < -0.3 is 10.2 Å². The van der Waals surface area contributed by atoms with Crippen LogP contribution in [0.15, 0.2) is 42.5 Å². The van der Waals surface area contributed by atoms with E-state index in [2.05, 4.69) is 11.4 Å². The summed E-state index contributed by atoms with van der Waals surface area (Å²) >= 11 is 5.60. The van der Waals surface area contributed by atoms with Crippen molar-refractivity contribution >= 4 is 29.1 Å². The van der Waals surface area contributed by atoms with E-state index in [9.17, 15) is 22.8 Å². The molecule has 0 saturated carbocycles. The van der Waals surface area contributed by atoms with E-state index in [1.54, 1.807) is 23.8 Å². The molecule has 1 heterocycles. The Morgan fingerprint density at radius 2 is 1.87 bits per heavy atom. The first-order valence-electron chi connectivity index (χ1n) is 9.78. The zero-order chi connectivity index (χ0) is 22.8. The summed E-state index contributed by atoms with van der Waals surface area (Å²) in [4.78, 5) is 28.6. The van der Waals surface area contributed by atoms with Gasteiger partial charge in [0.15, 0.2) is 0 Å². The summed E-state index contributed by atoms with van der Waals surface area (Å²) in [6, 6.07) is 10.6. The summed E-state index contributed by atoms with van der Waals surface area (Å²) < 4.78 is 39.0. The Kier molecular flexibility index (Phi) is 6.91. The van der Waals surface area contributed by atoms with Crippen molar-refractivity contribution in [3.8, 4) is 0 Å². The van der Waals surface area contributed by atoms with Crippen molar-refractivity contribution in [1.29, 1.82) is 0 Å². The third-order valence-corrected chi connectivity index (χ3v) is 5.74. The van der Waals surface area contributed by atoms with Gasteiger partial charge in [-0.25, -0.2) is 0 Å². The molecule has 166 valence electrons. The van der Waals surface area contributed by atoms with Crippen LogP contribution in [-0.4, -0.2) is 47.8 Å². The van der Waals surface area contributed by atoms with Gasteiger partial charge in [-0.1, -0.05) is 35.9 Å². The van der Waals surface area contributed by atoms with Crippen LogP contribution < -0.4 is 5.32 Å². The summed E-state index contributed by atoms with van der Waals surface area (Å²) in [7, 11) is 1.63. The summed E-state index contributed by atoms with van der Waals surface area (Å²) in [5.74, 6) is -0.628. The van der Waals surface area contributed by atoms with E-state index in [0.29, 0.717) is 13.1 Å². The van der Waals surface area contributed by atoms with Crippen molar-refractivity contribution in [2.45, 2.75) is 32.1 Å². The molecule has 2 aromatic carbocycles. The van der Waals surface area contributed by atoms with Crippen molar-refractivity contribution < 1.29 is 22.8 Å². The smallest absolute Gasteiger partial charge is 0.337 e. The minimum absolute atomic E-state index is 0.0123. The van der Waals surface area contributed by atoms with Crippen LogP contribution >= 0.6 is 11.6 Å². The van der Waals surface area contributed by atoms with E-state index in [-0.39, 0.29) is 18.1 Å². The first kappa shape index (κ1) is 23.1. The van der Waals surface area contributed by atoms with Crippen LogP contribution in [0.1, 0.15) is 23.6 Å².